The molecule has 0 saturated heterocycles. The van der Waals surface area contributed by atoms with Crippen molar-refractivity contribution < 1.29 is 37.7 Å². The molecule has 0 radical (unpaired) electrons. The van der Waals surface area contributed by atoms with E-state index in [1.54, 1.807) is 14.2 Å². The summed E-state index contributed by atoms with van der Waals surface area (Å²) in [7, 11) is 18.4. The second kappa shape index (κ2) is 61.1. The highest BCUT2D eigenvalue weighted by Crippen LogP contribution is 2.44. The first kappa shape index (κ1) is 110. The Morgan fingerprint density at radius 1 is 0.477 bits per heavy atom. The summed E-state index contributed by atoms with van der Waals surface area (Å²) >= 11 is 0. The van der Waals surface area contributed by atoms with Gasteiger partial charge in [-0.1, -0.05) is 106 Å². The molecule has 5 heterocycles. The van der Waals surface area contributed by atoms with Crippen LogP contribution in [0.3, 0.4) is 0 Å². The zero-order chi connectivity index (χ0) is 94.2. The minimum atomic E-state index is -2.46. The SMILES string of the molecule is C=C(C1CCC(c2[nH]ncc2CN(C)CCCC)CC1)N(C)CC(C)C.CCCCN(C)Cc1cn[nH]c1C1CCC(F)(F)CC1.CCCCN(C)Cc1cn[nH]c1C1CCC(N(CCOc2ccccc2)C(=O)CCOC)CC1.CCCCN(C)Cc1cn[nH]c1C1CCC(O)CC1.CNCCN(C)Cc1cn[nH]c1C1CCC(C(=O)N(CCCOC)CCC(C)C)CC1. The predicted octanol–water partition coefficient (Wildman–Crippen LogP) is 19.5. The monoisotopic (exact) mass is 1820 g/mol. The molecule has 6 aromatic rings. The van der Waals surface area contributed by atoms with Gasteiger partial charge in [-0.3, -0.25) is 35.1 Å². The lowest BCUT2D eigenvalue weighted by Crippen LogP contribution is -2.44. The predicted molar refractivity (Wildman–Crippen MR) is 525 cm³/mol. The summed E-state index contributed by atoms with van der Waals surface area (Å²) in [5.74, 6) is 3.35. The van der Waals surface area contributed by atoms with Crippen LogP contribution in [0.4, 0.5) is 8.78 Å². The maximum atomic E-state index is 13.3. The van der Waals surface area contributed by atoms with E-state index in [1.807, 2.05) is 73.3 Å². The minimum absolute atomic E-state index is 0.00179. The normalized spacial score (nSPS) is 20.1. The van der Waals surface area contributed by atoms with Gasteiger partial charge in [0.05, 0.1) is 56.7 Å². The number of carbonyl (C=O) groups excluding carboxylic acids is 2. The van der Waals surface area contributed by atoms with Gasteiger partial charge in [-0.2, -0.15) is 25.5 Å². The molecule has 0 unspecified atom stereocenters. The first-order chi connectivity index (χ1) is 62.7. The van der Waals surface area contributed by atoms with Crippen LogP contribution in [0.5, 0.6) is 5.75 Å². The fourth-order valence-corrected chi connectivity index (χ4v) is 19.6. The van der Waals surface area contributed by atoms with Gasteiger partial charge in [0.2, 0.25) is 17.7 Å². The molecule has 25 nitrogen and oxygen atoms in total. The highest BCUT2D eigenvalue weighted by molar-refractivity contribution is 5.79. The number of nitrogens with one attached hydrogen (secondary N) is 6. The third-order valence-corrected chi connectivity index (χ3v) is 27.5. The van der Waals surface area contributed by atoms with Crippen LogP contribution in [-0.2, 0) is 51.8 Å². The quantitative estimate of drug-likeness (QED) is 0.0175. The number of rotatable bonds is 50. The standard InChI is InChI=1S/C27H42N4O3.C24H45N5O2.C22H40N4.C15H25F2N3.C15H27N3O/c1-4-5-16-30(2)21-23-20-28-29-27(23)22-11-13-24(14-12-22)31(26(32)15-18-33-3)17-19-34-25-9-7-6-8-10-25;1-19(2)11-14-29(13-6-16-31-5)24(30)21-9-7-20(8-10-21)23-22(17-26-27-23)18-28(4)15-12-25-3;1-7-8-13-25(5)16-21-14-23-24-22(21)20-11-9-19(10-12-20)18(4)26(6)15-17(2)3;1-3-4-9-20(2)11-13-10-18-19-14(13)12-5-7-15(16,17)8-6-12;1-3-4-9-18(2)11-13-10-16-17-15(13)12-5-7-14(19)8-6-12/h6-10,20,22,24H,4-5,11-19,21H2,1-3H3,(H,28,29);17,19-21,25H,6-16,18H2,1-5H3,(H,26,27);14,17,19-20H,4,7-13,15-16H2,1-3,5-6H3,(H,23,24);10,12H,3-9,11H2,1-2H3,(H,18,19);10,12,14,19H,3-9,11H2,1-2H3,(H,16,17). The van der Waals surface area contributed by atoms with E-state index in [0.717, 1.165) is 193 Å². The van der Waals surface area contributed by atoms with Crippen molar-refractivity contribution in [1.29, 1.82) is 0 Å². The third kappa shape index (κ3) is 39.2. The Morgan fingerprint density at radius 3 is 1.23 bits per heavy atom. The molecule has 7 N–H and O–H groups in total. The number of allylic oxidation sites excluding steroid dienone is 1. The second-order valence-electron chi connectivity index (χ2n) is 39.6. The number of benzene rings is 1. The Balaban J connectivity index is 0.000000226. The molecule has 5 fully saturated rings. The van der Waals surface area contributed by atoms with Crippen molar-refractivity contribution in [3.05, 3.63) is 130 Å². The number of H-pyrrole nitrogens is 5. The Bertz CT molecular complexity index is 3920. The van der Waals surface area contributed by atoms with Crippen LogP contribution >= 0.6 is 0 Å². The number of aromatic amines is 5. The molecule has 0 atom stereocenters. The van der Waals surface area contributed by atoms with Crippen molar-refractivity contribution >= 4 is 11.8 Å². The lowest BCUT2D eigenvalue weighted by molar-refractivity contribution is -0.137. The summed E-state index contributed by atoms with van der Waals surface area (Å²) in [6, 6.07) is 10.0. The van der Waals surface area contributed by atoms with Crippen LogP contribution in [0.1, 0.15) is 340 Å². The van der Waals surface area contributed by atoms with Gasteiger partial charge < -0.3 is 63.8 Å². The van der Waals surface area contributed by atoms with Gasteiger partial charge in [-0.05, 0) is 252 Å². The highest BCUT2D eigenvalue weighted by atomic mass is 19.3. The van der Waals surface area contributed by atoms with E-state index in [1.165, 1.54) is 133 Å². The molecule has 5 aromatic heterocycles. The smallest absolute Gasteiger partial charge is 0.248 e. The molecular weight excluding hydrogens is 1640 g/mol. The number of methoxy groups -OCH3 is 2. The zero-order valence-electron chi connectivity index (χ0n) is 84.0. The molecule has 736 valence electrons. The maximum Gasteiger partial charge on any atom is 0.248 e. The summed E-state index contributed by atoms with van der Waals surface area (Å²) < 4.78 is 42.7. The zero-order valence-corrected chi connectivity index (χ0v) is 84.0. The maximum absolute atomic E-state index is 13.3. The van der Waals surface area contributed by atoms with Crippen LogP contribution in [-0.4, -0.2) is 274 Å². The number of ether oxygens (including phenoxy) is 3. The molecule has 5 saturated carbocycles. The molecule has 0 aliphatic heterocycles. The number of carbonyl (C=O) groups is 2. The number of amides is 2. The summed E-state index contributed by atoms with van der Waals surface area (Å²) in [6.07, 6.45) is 40.2. The lowest BCUT2D eigenvalue weighted by Gasteiger charge is -2.37. The first-order valence-corrected chi connectivity index (χ1v) is 50.6. The summed E-state index contributed by atoms with van der Waals surface area (Å²) in [5, 5.41) is 50.4. The van der Waals surface area contributed by atoms with Crippen molar-refractivity contribution in [3.63, 3.8) is 0 Å². The molecular formula is C103H179F2N19O6. The number of halogens is 2. The van der Waals surface area contributed by atoms with Gasteiger partial charge in [0, 0.05) is 210 Å². The van der Waals surface area contributed by atoms with Crippen molar-refractivity contribution in [2.24, 2.45) is 23.7 Å². The molecule has 27 heteroatoms. The van der Waals surface area contributed by atoms with Gasteiger partial charge in [0.15, 0.2) is 0 Å². The van der Waals surface area contributed by atoms with E-state index in [0.29, 0.717) is 93.0 Å². The molecule has 5 aliphatic rings. The van der Waals surface area contributed by atoms with Crippen LogP contribution in [0, 0.1) is 23.7 Å². The van der Waals surface area contributed by atoms with Crippen LogP contribution in [0.25, 0.3) is 0 Å². The summed E-state index contributed by atoms with van der Waals surface area (Å²) in [5.41, 5.74) is 14.2. The molecule has 130 heavy (non-hydrogen) atoms. The van der Waals surface area contributed by atoms with E-state index in [2.05, 4.69) is 195 Å². The number of aromatic nitrogens is 10. The van der Waals surface area contributed by atoms with E-state index in [-0.39, 0.29) is 42.7 Å². The molecule has 1 aromatic carbocycles. The Kier molecular flexibility index (Phi) is 51.8. The van der Waals surface area contributed by atoms with E-state index in [9.17, 15) is 23.5 Å². The number of likely N-dealkylation sites (N-methyl/N-ethyl adjacent to an activating group) is 2. The fraction of sp³-hybridized carbons (Fsp3) is 0.757. The number of hydrogen-bond acceptors (Lipinski definition) is 18. The Hall–Kier alpha value is -6.95. The van der Waals surface area contributed by atoms with Gasteiger partial charge in [0.1, 0.15) is 12.4 Å². The number of aliphatic hydroxyl groups excluding tert-OH is 1. The number of aliphatic hydroxyl groups is 1. The van der Waals surface area contributed by atoms with Gasteiger partial charge in [-0.15, -0.1) is 0 Å². The molecule has 2 amide bonds. The fourth-order valence-electron chi connectivity index (χ4n) is 19.6. The van der Waals surface area contributed by atoms with Crippen molar-refractivity contribution in [3.8, 4) is 5.75 Å². The van der Waals surface area contributed by atoms with E-state index in [4.69, 9.17) is 14.2 Å². The molecule has 0 bridgehead atoms. The number of hydrogen-bond donors (Lipinski definition) is 7. The highest BCUT2D eigenvalue weighted by Gasteiger charge is 2.38. The minimum Gasteiger partial charge on any atom is -0.492 e. The van der Waals surface area contributed by atoms with E-state index >= 15 is 0 Å². The average Bonchev–Trinajstić information content (AvgIpc) is 1.33. The van der Waals surface area contributed by atoms with Gasteiger partial charge in [0.25, 0.3) is 0 Å². The van der Waals surface area contributed by atoms with Crippen LogP contribution < -0.4 is 10.1 Å². The van der Waals surface area contributed by atoms with Gasteiger partial charge >= 0.3 is 0 Å². The Labute approximate surface area is 783 Å². The summed E-state index contributed by atoms with van der Waals surface area (Å²) in [6.45, 7) is 38.5. The number of para-hydroxylation sites is 1. The first-order valence-electron chi connectivity index (χ1n) is 50.6. The van der Waals surface area contributed by atoms with Gasteiger partial charge in [-0.25, -0.2) is 8.78 Å². The second-order valence-corrected chi connectivity index (χ2v) is 39.6. The third-order valence-electron chi connectivity index (χ3n) is 27.5. The Morgan fingerprint density at radius 2 is 0.854 bits per heavy atom. The summed E-state index contributed by atoms with van der Waals surface area (Å²) in [4.78, 5) is 44.5. The van der Waals surface area contributed by atoms with E-state index < -0.39 is 5.92 Å². The van der Waals surface area contributed by atoms with Crippen LogP contribution in [0.2, 0.25) is 0 Å². The van der Waals surface area contributed by atoms with Crippen molar-refractivity contribution in [2.45, 2.75) is 335 Å². The molecule has 11 rings (SSSR count). The number of alkyl halides is 2. The van der Waals surface area contributed by atoms with Crippen molar-refractivity contribution in [2.75, 3.05) is 149 Å². The number of unbranched alkanes of at least 4 members (excludes halogenated alkanes) is 4. The lowest BCUT2D eigenvalue weighted by atomic mass is 9.78. The number of nitrogens with zero attached hydrogens (tertiary/aromatic N) is 13. The average molecular weight is 1820 g/mol. The molecule has 0 spiro atoms. The topological polar surface area (TPSA) is 263 Å². The van der Waals surface area contributed by atoms with Crippen molar-refractivity contribution in [1.82, 2.24) is 95.5 Å². The van der Waals surface area contributed by atoms with Crippen LogP contribution in [0.15, 0.2) is 73.6 Å². The largest absolute Gasteiger partial charge is 0.492 e. The molecule has 5 aliphatic carbocycles.